The fraction of sp³-hybridized carbons (Fsp3) is 0.405. The number of aliphatic hydroxyl groups excluding tert-OH is 3. The molecule has 0 spiro atoms. The molecule has 0 aromatic heterocycles. The van der Waals surface area contributed by atoms with Crippen molar-refractivity contribution in [3.8, 4) is 0 Å². The summed E-state index contributed by atoms with van der Waals surface area (Å²) in [6.45, 7) is -0.237. The Morgan fingerprint density at radius 2 is 1.04 bits per heavy atom. The van der Waals surface area contributed by atoms with E-state index in [-0.39, 0.29) is 33.0 Å². The molecular weight excluding hydrogens is 801 g/mol. The predicted octanol–water partition coefficient (Wildman–Crippen LogP) is 4.99. The highest BCUT2D eigenvalue weighted by molar-refractivity contribution is 6.76. The molecule has 12 nitrogen and oxygen atoms in total. The molecule has 2 heterocycles. The molecule has 1 amide bonds. The average Bonchev–Trinajstić information content (AvgIpc) is 3.22. The number of benzene rings is 4. The van der Waals surface area contributed by atoms with Crippen LogP contribution in [0.5, 0.6) is 0 Å². The minimum absolute atomic E-state index is 0.0589. The van der Waals surface area contributed by atoms with E-state index in [4.69, 9.17) is 68.0 Å². The molecule has 10 atom stereocenters. The van der Waals surface area contributed by atoms with E-state index in [2.05, 4.69) is 5.32 Å². The van der Waals surface area contributed by atoms with Gasteiger partial charge in [0.1, 0.15) is 48.8 Å². The maximum absolute atomic E-state index is 13.2. The summed E-state index contributed by atoms with van der Waals surface area (Å²) < 4.78 is 41.8. The molecule has 2 saturated heterocycles. The predicted molar refractivity (Wildman–Crippen MR) is 211 cm³/mol. The van der Waals surface area contributed by atoms with E-state index in [0.29, 0.717) is 0 Å². The molecule has 2 aliphatic rings. The summed E-state index contributed by atoms with van der Waals surface area (Å²) in [6, 6.07) is 36.0. The van der Waals surface area contributed by atoms with Crippen molar-refractivity contribution in [3.05, 3.63) is 144 Å². The van der Waals surface area contributed by atoms with E-state index in [1.807, 2.05) is 121 Å². The molecule has 4 N–H and O–H groups in total. The molecule has 4 aromatic carbocycles. The van der Waals surface area contributed by atoms with Crippen LogP contribution >= 0.6 is 34.8 Å². The summed E-state index contributed by atoms with van der Waals surface area (Å²) in [5, 5.41) is 36.5. The Morgan fingerprint density at radius 1 is 0.596 bits per heavy atom. The number of hydrogen-bond donors (Lipinski definition) is 4. The van der Waals surface area contributed by atoms with Crippen molar-refractivity contribution in [1.29, 1.82) is 0 Å². The zero-order valence-corrected chi connectivity index (χ0v) is 33.1. The minimum Gasteiger partial charge on any atom is -0.394 e. The summed E-state index contributed by atoms with van der Waals surface area (Å²) in [6.07, 6.45) is -11.3. The molecular formula is C42H46Cl3NO11. The lowest BCUT2D eigenvalue weighted by atomic mass is 9.95. The lowest BCUT2D eigenvalue weighted by molar-refractivity contribution is -0.374. The number of rotatable bonds is 17. The van der Waals surface area contributed by atoms with E-state index in [0.717, 1.165) is 22.3 Å². The number of nitrogens with one attached hydrogen (secondary N) is 1. The molecule has 0 saturated carbocycles. The van der Waals surface area contributed by atoms with Crippen molar-refractivity contribution in [2.45, 2.75) is 91.6 Å². The van der Waals surface area contributed by atoms with Crippen LogP contribution in [0, 0.1) is 0 Å². The Hall–Kier alpha value is -3.18. The quantitative estimate of drug-likeness (QED) is 0.106. The smallest absolute Gasteiger partial charge is 0.272 e. The fourth-order valence-electron chi connectivity index (χ4n) is 6.58. The van der Waals surface area contributed by atoms with Gasteiger partial charge in [0.25, 0.3) is 9.70 Å². The van der Waals surface area contributed by atoms with Crippen molar-refractivity contribution in [3.63, 3.8) is 0 Å². The van der Waals surface area contributed by atoms with Crippen LogP contribution in [-0.4, -0.2) is 99.6 Å². The summed E-state index contributed by atoms with van der Waals surface area (Å²) in [5.41, 5.74) is 3.35. The second kappa shape index (κ2) is 21.2. The largest absolute Gasteiger partial charge is 0.394 e. The number of carbonyl (C=O) groups is 1. The van der Waals surface area contributed by atoms with Gasteiger partial charge < -0.3 is 53.8 Å². The molecule has 0 radical (unpaired) electrons. The number of halogens is 3. The van der Waals surface area contributed by atoms with E-state index in [1.165, 1.54) is 0 Å². The van der Waals surface area contributed by atoms with Gasteiger partial charge in [-0.3, -0.25) is 4.79 Å². The monoisotopic (exact) mass is 845 g/mol. The van der Waals surface area contributed by atoms with Crippen LogP contribution in [0.25, 0.3) is 0 Å². The first-order valence-corrected chi connectivity index (χ1v) is 19.6. The van der Waals surface area contributed by atoms with Crippen LogP contribution in [-0.2, 0) is 64.4 Å². The van der Waals surface area contributed by atoms with Gasteiger partial charge in [-0.15, -0.1) is 0 Å². The highest BCUT2D eigenvalue weighted by Crippen LogP contribution is 2.34. The van der Waals surface area contributed by atoms with Crippen LogP contribution < -0.4 is 5.32 Å². The van der Waals surface area contributed by atoms with Crippen LogP contribution in [0.4, 0.5) is 0 Å². The number of alkyl halides is 3. The van der Waals surface area contributed by atoms with Gasteiger partial charge >= 0.3 is 0 Å². The topological polar surface area (TPSA) is 154 Å². The molecule has 6 rings (SSSR count). The van der Waals surface area contributed by atoms with Crippen LogP contribution in [0.2, 0.25) is 0 Å². The Labute approximate surface area is 346 Å². The van der Waals surface area contributed by atoms with E-state index in [1.54, 1.807) is 0 Å². The molecule has 0 aliphatic carbocycles. The number of carbonyl (C=O) groups excluding carboxylic acids is 1. The van der Waals surface area contributed by atoms with Gasteiger partial charge in [0.2, 0.25) is 0 Å². The van der Waals surface area contributed by atoms with Crippen molar-refractivity contribution in [2.24, 2.45) is 0 Å². The molecule has 15 heteroatoms. The zero-order chi connectivity index (χ0) is 40.2. The van der Waals surface area contributed by atoms with Gasteiger partial charge in [-0.25, -0.2) is 0 Å². The van der Waals surface area contributed by atoms with Gasteiger partial charge in [0.05, 0.1) is 39.6 Å². The van der Waals surface area contributed by atoms with Gasteiger partial charge in [0, 0.05) is 0 Å². The van der Waals surface area contributed by atoms with E-state index < -0.39 is 77.7 Å². The van der Waals surface area contributed by atoms with Crippen LogP contribution in [0.15, 0.2) is 121 Å². The maximum atomic E-state index is 13.2. The first kappa shape index (κ1) is 43.4. The Morgan fingerprint density at radius 3 is 1.51 bits per heavy atom. The maximum Gasteiger partial charge on any atom is 0.272 e. The fourth-order valence-corrected chi connectivity index (χ4v) is 6.74. The Kier molecular flexibility index (Phi) is 16.1. The lowest BCUT2D eigenvalue weighted by Gasteiger charge is -2.48. The molecule has 2 aliphatic heterocycles. The third-order valence-corrected chi connectivity index (χ3v) is 10.1. The SMILES string of the molecule is O=C(N[C@@H]1[C@@H](O[C@@H]2O[C@H](CO)[C@H](O)[C@H](OCc3ccccc3)[C@H]2OCc2ccccc2)O[C@H](COCc2ccccc2)[C@H](OCc2ccccc2)[C@@H]1O)C(Cl)(Cl)Cl. The molecule has 306 valence electrons. The molecule has 2 fully saturated rings. The van der Waals surface area contributed by atoms with Gasteiger partial charge in [-0.1, -0.05) is 156 Å². The van der Waals surface area contributed by atoms with Gasteiger partial charge in [0.15, 0.2) is 12.6 Å². The number of amides is 1. The molecule has 0 unspecified atom stereocenters. The third kappa shape index (κ3) is 12.2. The van der Waals surface area contributed by atoms with Crippen molar-refractivity contribution < 1.29 is 53.3 Å². The Bertz CT molecular complexity index is 1780. The molecule has 57 heavy (non-hydrogen) atoms. The van der Waals surface area contributed by atoms with Crippen molar-refractivity contribution >= 4 is 40.7 Å². The number of aliphatic hydroxyl groups is 3. The van der Waals surface area contributed by atoms with E-state index in [9.17, 15) is 20.1 Å². The van der Waals surface area contributed by atoms with Crippen molar-refractivity contribution in [2.75, 3.05) is 13.2 Å². The van der Waals surface area contributed by atoms with Crippen molar-refractivity contribution in [1.82, 2.24) is 5.32 Å². The summed E-state index contributed by atoms with van der Waals surface area (Å²) >= 11 is 18.0. The lowest BCUT2D eigenvalue weighted by Crippen LogP contribution is -2.68. The highest BCUT2D eigenvalue weighted by Gasteiger charge is 2.53. The van der Waals surface area contributed by atoms with E-state index >= 15 is 0 Å². The summed E-state index contributed by atoms with van der Waals surface area (Å²) in [4.78, 5) is 13.2. The Balaban J connectivity index is 1.31. The summed E-state index contributed by atoms with van der Waals surface area (Å²) in [7, 11) is 0. The molecule has 4 aromatic rings. The minimum atomic E-state index is -2.43. The van der Waals surface area contributed by atoms with Gasteiger partial charge in [-0.2, -0.15) is 0 Å². The van der Waals surface area contributed by atoms with Crippen LogP contribution in [0.1, 0.15) is 22.3 Å². The standard InChI is InChI=1S/C42H46Cl3NO11/c43-42(44,45)41(50)46-33-35(49)36(52-23-28-15-7-2-8-16-28)32(26-51-22-27-13-5-1-6-14-27)56-39(33)57-40-38(54-25-30-19-11-4-12-20-30)37(34(48)31(21-47)55-40)53-24-29-17-9-3-10-18-29/h1-20,31-40,47-49H,21-26H2,(H,46,50)/t31-,32-,33+,34+,35-,36+,37+,38-,39-,40+/m1/s1. The average molecular weight is 847 g/mol. The number of ether oxygens (including phenoxy) is 7. The highest BCUT2D eigenvalue weighted by atomic mass is 35.6. The van der Waals surface area contributed by atoms with Crippen LogP contribution in [0.3, 0.4) is 0 Å². The summed E-state index contributed by atoms with van der Waals surface area (Å²) in [5.74, 6) is -1.07. The first-order chi connectivity index (χ1) is 27.6. The number of hydrogen-bond acceptors (Lipinski definition) is 11. The third-order valence-electron chi connectivity index (χ3n) is 9.54. The second-order valence-electron chi connectivity index (χ2n) is 13.7. The molecule has 0 bridgehead atoms. The van der Waals surface area contributed by atoms with Gasteiger partial charge in [-0.05, 0) is 22.3 Å². The second-order valence-corrected chi connectivity index (χ2v) is 15.9. The first-order valence-electron chi connectivity index (χ1n) is 18.5. The normalized spacial score (nSPS) is 27.8. The zero-order valence-electron chi connectivity index (χ0n) is 30.8.